The first-order valence-electron chi connectivity index (χ1n) is 11.9. The zero-order chi connectivity index (χ0) is 22.5. The molecule has 2 aliphatic rings. The quantitative estimate of drug-likeness (QED) is 0.637. The lowest BCUT2D eigenvalue weighted by Gasteiger charge is -2.34. The number of aromatic nitrogens is 1. The first-order valence-corrected chi connectivity index (χ1v) is 11.9. The van der Waals surface area contributed by atoms with Crippen molar-refractivity contribution in [2.75, 3.05) is 31.7 Å². The number of rotatable bonds is 7. The van der Waals surface area contributed by atoms with Crippen LogP contribution in [0, 0.1) is 5.92 Å². The molecule has 0 radical (unpaired) electrons. The Hall–Kier alpha value is -2.38. The van der Waals surface area contributed by atoms with E-state index in [9.17, 15) is 9.90 Å². The Labute approximate surface area is 190 Å². The smallest absolute Gasteiger partial charge is 0.310 e. The number of esters is 1. The Kier molecular flexibility index (Phi) is 7.48. The standard InChI is InChI=1S/C25H35N3O4/c1-3-32-25(30)18-5-4-12-28(16-18)24-19(15-26-20-7-9-21(29)10-8-20)13-17-6-11-22(31-2)14-23(17)27-24/h6,11,13-14,18,20-21,26,29H,3-5,7-10,12,15-16H2,1-2H3. The van der Waals surface area contributed by atoms with E-state index in [1.807, 2.05) is 25.1 Å². The average Bonchev–Trinajstić information content (AvgIpc) is 2.83. The number of piperidine rings is 1. The summed E-state index contributed by atoms with van der Waals surface area (Å²) in [5.41, 5.74) is 2.03. The molecule has 7 nitrogen and oxygen atoms in total. The van der Waals surface area contributed by atoms with Gasteiger partial charge >= 0.3 is 5.97 Å². The first kappa shape index (κ1) is 22.8. The average molecular weight is 442 g/mol. The van der Waals surface area contributed by atoms with Gasteiger partial charge in [-0.2, -0.15) is 0 Å². The van der Waals surface area contributed by atoms with Crippen LogP contribution in [0.25, 0.3) is 10.9 Å². The highest BCUT2D eigenvalue weighted by Gasteiger charge is 2.29. The SMILES string of the molecule is CCOC(=O)C1CCCN(c2nc3cc(OC)ccc3cc2CNC2CCC(O)CC2)C1. The Bertz CT molecular complexity index is 927. The number of aliphatic hydroxyl groups excluding tert-OH is 1. The number of ether oxygens (including phenoxy) is 2. The maximum absolute atomic E-state index is 12.4. The largest absolute Gasteiger partial charge is 0.497 e. The van der Waals surface area contributed by atoms with Crippen LogP contribution in [0.1, 0.15) is 51.0 Å². The fourth-order valence-electron chi connectivity index (χ4n) is 4.87. The van der Waals surface area contributed by atoms with Gasteiger partial charge in [0.2, 0.25) is 0 Å². The number of benzene rings is 1. The molecule has 1 aliphatic carbocycles. The molecule has 174 valence electrons. The lowest BCUT2D eigenvalue weighted by Crippen LogP contribution is -2.41. The minimum Gasteiger partial charge on any atom is -0.497 e. The molecule has 0 amide bonds. The lowest BCUT2D eigenvalue weighted by atomic mass is 9.93. The highest BCUT2D eigenvalue weighted by atomic mass is 16.5. The molecule has 1 aromatic carbocycles. The van der Waals surface area contributed by atoms with Gasteiger partial charge in [0.1, 0.15) is 11.6 Å². The highest BCUT2D eigenvalue weighted by Crippen LogP contribution is 2.30. The fourth-order valence-corrected chi connectivity index (χ4v) is 4.87. The topological polar surface area (TPSA) is 83.9 Å². The molecule has 1 atom stereocenters. The number of anilines is 1. The van der Waals surface area contributed by atoms with Crippen molar-refractivity contribution in [3.8, 4) is 5.75 Å². The van der Waals surface area contributed by atoms with Gasteiger partial charge in [0.25, 0.3) is 0 Å². The molecule has 0 bridgehead atoms. The zero-order valence-electron chi connectivity index (χ0n) is 19.2. The number of pyridine rings is 1. The molecule has 1 saturated heterocycles. The van der Waals surface area contributed by atoms with E-state index in [0.717, 1.165) is 73.1 Å². The van der Waals surface area contributed by atoms with Crippen LogP contribution < -0.4 is 15.0 Å². The van der Waals surface area contributed by atoms with Gasteiger partial charge < -0.3 is 24.8 Å². The molecule has 1 aromatic heterocycles. The van der Waals surface area contributed by atoms with Gasteiger partial charge in [0.05, 0.1) is 31.3 Å². The van der Waals surface area contributed by atoms with Gasteiger partial charge in [0.15, 0.2) is 0 Å². The summed E-state index contributed by atoms with van der Waals surface area (Å²) in [7, 11) is 1.66. The van der Waals surface area contributed by atoms with Crippen molar-refractivity contribution in [1.29, 1.82) is 0 Å². The summed E-state index contributed by atoms with van der Waals surface area (Å²) in [5, 5.41) is 14.6. The highest BCUT2D eigenvalue weighted by molar-refractivity contribution is 5.83. The third-order valence-corrected chi connectivity index (χ3v) is 6.70. The van der Waals surface area contributed by atoms with Crippen LogP contribution in [0.5, 0.6) is 5.75 Å². The second-order valence-corrected chi connectivity index (χ2v) is 8.95. The number of hydrogen-bond donors (Lipinski definition) is 2. The minimum absolute atomic E-state index is 0.111. The van der Waals surface area contributed by atoms with Gasteiger partial charge in [-0.3, -0.25) is 4.79 Å². The molecule has 32 heavy (non-hydrogen) atoms. The van der Waals surface area contributed by atoms with Gasteiger partial charge in [-0.25, -0.2) is 4.98 Å². The van der Waals surface area contributed by atoms with E-state index in [1.165, 1.54) is 0 Å². The third-order valence-electron chi connectivity index (χ3n) is 6.70. The van der Waals surface area contributed by atoms with Crippen LogP contribution in [0.4, 0.5) is 5.82 Å². The minimum atomic E-state index is -0.158. The fraction of sp³-hybridized carbons (Fsp3) is 0.600. The Morgan fingerprint density at radius 1 is 1.22 bits per heavy atom. The molecule has 2 N–H and O–H groups in total. The Morgan fingerprint density at radius 2 is 2.03 bits per heavy atom. The predicted molar refractivity (Wildman–Crippen MR) is 125 cm³/mol. The number of carbonyl (C=O) groups is 1. The number of carbonyl (C=O) groups excluding carboxylic acids is 1. The van der Waals surface area contributed by atoms with Crippen molar-refractivity contribution in [2.45, 2.75) is 64.1 Å². The van der Waals surface area contributed by atoms with Crippen LogP contribution in [0.3, 0.4) is 0 Å². The summed E-state index contributed by atoms with van der Waals surface area (Å²) in [5.74, 6) is 1.49. The molecule has 1 unspecified atom stereocenters. The number of hydrogen-bond acceptors (Lipinski definition) is 7. The van der Waals surface area contributed by atoms with Gasteiger partial charge in [-0.15, -0.1) is 0 Å². The molecule has 1 saturated carbocycles. The van der Waals surface area contributed by atoms with Gasteiger partial charge in [-0.05, 0) is 63.6 Å². The van der Waals surface area contributed by atoms with E-state index in [4.69, 9.17) is 14.5 Å². The Balaban J connectivity index is 1.60. The molecule has 2 fully saturated rings. The van der Waals surface area contributed by atoms with Crippen LogP contribution >= 0.6 is 0 Å². The van der Waals surface area contributed by atoms with Crippen LogP contribution in [-0.2, 0) is 16.1 Å². The maximum Gasteiger partial charge on any atom is 0.310 e. The number of fused-ring (bicyclic) bond motifs is 1. The first-order chi connectivity index (χ1) is 15.6. The van der Waals surface area contributed by atoms with E-state index in [0.29, 0.717) is 25.7 Å². The number of nitrogens with one attached hydrogen (secondary N) is 1. The molecule has 2 heterocycles. The zero-order valence-corrected chi connectivity index (χ0v) is 19.2. The summed E-state index contributed by atoms with van der Waals surface area (Å²) >= 11 is 0. The van der Waals surface area contributed by atoms with Gasteiger partial charge in [-0.1, -0.05) is 0 Å². The molecule has 2 aromatic rings. The van der Waals surface area contributed by atoms with Crippen molar-refractivity contribution in [3.05, 3.63) is 29.8 Å². The summed E-state index contributed by atoms with van der Waals surface area (Å²) in [4.78, 5) is 19.7. The van der Waals surface area contributed by atoms with E-state index in [2.05, 4.69) is 16.3 Å². The second kappa shape index (κ2) is 10.5. The summed E-state index contributed by atoms with van der Waals surface area (Å²) in [6.45, 7) is 4.48. The predicted octanol–water partition coefficient (Wildman–Crippen LogP) is 3.42. The van der Waals surface area contributed by atoms with Crippen molar-refractivity contribution < 1.29 is 19.4 Å². The van der Waals surface area contributed by atoms with E-state index < -0.39 is 0 Å². The molecule has 1 aliphatic heterocycles. The monoisotopic (exact) mass is 441 g/mol. The number of methoxy groups -OCH3 is 1. The molecule has 7 heteroatoms. The summed E-state index contributed by atoms with van der Waals surface area (Å²) in [6, 6.07) is 8.58. The number of aliphatic hydroxyl groups is 1. The van der Waals surface area contributed by atoms with E-state index in [1.54, 1.807) is 7.11 Å². The van der Waals surface area contributed by atoms with Crippen molar-refractivity contribution in [3.63, 3.8) is 0 Å². The van der Waals surface area contributed by atoms with Crippen LogP contribution in [0.2, 0.25) is 0 Å². The normalized spacial score (nSPS) is 23.8. The molecule has 0 spiro atoms. The summed E-state index contributed by atoms with van der Waals surface area (Å²) < 4.78 is 10.7. The van der Waals surface area contributed by atoms with Crippen molar-refractivity contribution in [2.24, 2.45) is 5.92 Å². The van der Waals surface area contributed by atoms with Crippen LogP contribution in [-0.4, -0.2) is 55.0 Å². The molecule has 4 rings (SSSR count). The maximum atomic E-state index is 12.4. The molecular weight excluding hydrogens is 406 g/mol. The van der Waals surface area contributed by atoms with Crippen LogP contribution in [0.15, 0.2) is 24.3 Å². The summed E-state index contributed by atoms with van der Waals surface area (Å²) in [6.07, 6.45) is 5.33. The second-order valence-electron chi connectivity index (χ2n) is 8.95. The lowest BCUT2D eigenvalue weighted by molar-refractivity contribution is -0.148. The van der Waals surface area contributed by atoms with Crippen molar-refractivity contribution >= 4 is 22.7 Å². The number of nitrogens with zero attached hydrogens (tertiary/aromatic N) is 2. The Morgan fingerprint density at radius 3 is 2.78 bits per heavy atom. The third kappa shape index (κ3) is 5.33. The van der Waals surface area contributed by atoms with Gasteiger partial charge in [0, 0.05) is 42.7 Å². The van der Waals surface area contributed by atoms with E-state index >= 15 is 0 Å². The molecular formula is C25H35N3O4. The van der Waals surface area contributed by atoms with E-state index in [-0.39, 0.29) is 18.0 Å². The van der Waals surface area contributed by atoms with Crippen molar-refractivity contribution in [1.82, 2.24) is 10.3 Å².